The van der Waals surface area contributed by atoms with Gasteiger partial charge in [-0.1, -0.05) is 27.2 Å². The van der Waals surface area contributed by atoms with Gasteiger partial charge in [0.2, 0.25) is 0 Å². The maximum atomic E-state index is 13.9. The highest BCUT2D eigenvalue weighted by atomic mass is 19.1. The van der Waals surface area contributed by atoms with Gasteiger partial charge in [0, 0.05) is 5.54 Å². The first-order valence-corrected chi connectivity index (χ1v) is 7.54. The molecule has 0 amide bonds. The van der Waals surface area contributed by atoms with Crippen LogP contribution in [0.25, 0.3) is 0 Å². The second-order valence-corrected chi connectivity index (χ2v) is 6.88. The minimum Gasteiger partial charge on any atom is -0.325 e. The van der Waals surface area contributed by atoms with E-state index in [4.69, 9.17) is 5.73 Å². The number of rotatable bonds is 3. The first-order chi connectivity index (χ1) is 9.32. The van der Waals surface area contributed by atoms with E-state index in [1.54, 1.807) is 0 Å². The fraction of sp³-hybridized carbons (Fsp3) is 0.647. The summed E-state index contributed by atoms with van der Waals surface area (Å²) >= 11 is 0. The lowest BCUT2D eigenvalue weighted by atomic mass is 9.63. The Morgan fingerprint density at radius 1 is 1.30 bits per heavy atom. The second kappa shape index (κ2) is 5.80. The topological polar surface area (TPSA) is 26.0 Å². The Hall–Kier alpha value is -0.960. The number of hydrogen-bond acceptors (Lipinski definition) is 1. The molecule has 0 saturated heterocycles. The third kappa shape index (κ3) is 3.20. The average molecular weight is 281 g/mol. The number of hydrogen-bond donors (Lipinski definition) is 1. The van der Waals surface area contributed by atoms with Crippen molar-refractivity contribution in [3.8, 4) is 0 Å². The second-order valence-electron chi connectivity index (χ2n) is 6.88. The molecular weight excluding hydrogens is 256 g/mol. The number of nitrogens with two attached hydrogens (primary N) is 1. The molecule has 1 aromatic rings. The zero-order chi connectivity index (χ0) is 14.9. The van der Waals surface area contributed by atoms with Crippen LogP contribution in [0.4, 0.5) is 8.78 Å². The van der Waals surface area contributed by atoms with Crippen molar-refractivity contribution in [2.45, 2.75) is 52.0 Å². The van der Waals surface area contributed by atoms with Gasteiger partial charge < -0.3 is 5.73 Å². The molecule has 3 unspecified atom stereocenters. The van der Waals surface area contributed by atoms with Gasteiger partial charge in [-0.25, -0.2) is 8.78 Å². The first kappa shape index (κ1) is 15.4. The highest BCUT2D eigenvalue weighted by molar-refractivity contribution is 5.22. The highest BCUT2D eigenvalue weighted by Gasteiger charge is 2.41. The molecule has 1 aliphatic carbocycles. The van der Waals surface area contributed by atoms with Gasteiger partial charge in [0.1, 0.15) is 11.6 Å². The normalized spacial score (nSPS) is 30.8. The molecule has 1 fully saturated rings. The van der Waals surface area contributed by atoms with Crippen LogP contribution in [0.5, 0.6) is 0 Å². The van der Waals surface area contributed by atoms with E-state index in [1.165, 1.54) is 18.6 Å². The molecule has 2 rings (SSSR count). The monoisotopic (exact) mass is 281 g/mol. The molecule has 1 saturated carbocycles. The van der Waals surface area contributed by atoms with E-state index in [1.807, 2.05) is 0 Å². The molecule has 3 atom stereocenters. The summed E-state index contributed by atoms with van der Waals surface area (Å²) in [4.78, 5) is 0. The van der Waals surface area contributed by atoms with Crippen molar-refractivity contribution in [1.29, 1.82) is 0 Å². The van der Waals surface area contributed by atoms with Gasteiger partial charge in [-0.15, -0.1) is 0 Å². The van der Waals surface area contributed by atoms with Crippen molar-refractivity contribution in [1.82, 2.24) is 0 Å². The summed E-state index contributed by atoms with van der Waals surface area (Å²) in [6.45, 7) is 6.54. The van der Waals surface area contributed by atoms with E-state index >= 15 is 0 Å². The Bertz CT molecular complexity index is 472. The van der Waals surface area contributed by atoms with Crippen molar-refractivity contribution in [2.24, 2.45) is 23.5 Å². The molecule has 112 valence electrons. The van der Waals surface area contributed by atoms with Crippen LogP contribution in [-0.4, -0.2) is 5.54 Å². The van der Waals surface area contributed by atoms with Gasteiger partial charge in [0.15, 0.2) is 0 Å². The van der Waals surface area contributed by atoms with Gasteiger partial charge in [0.05, 0.1) is 0 Å². The molecule has 0 aromatic heterocycles. The quantitative estimate of drug-likeness (QED) is 0.878. The Morgan fingerprint density at radius 2 is 2.00 bits per heavy atom. The van der Waals surface area contributed by atoms with Crippen molar-refractivity contribution in [2.75, 3.05) is 0 Å². The van der Waals surface area contributed by atoms with Crippen molar-refractivity contribution < 1.29 is 8.78 Å². The van der Waals surface area contributed by atoms with E-state index in [2.05, 4.69) is 20.8 Å². The molecule has 0 radical (unpaired) electrons. The minimum absolute atomic E-state index is 0.350. The summed E-state index contributed by atoms with van der Waals surface area (Å²) in [5.74, 6) is 0.629. The van der Waals surface area contributed by atoms with Crippen LogP contribution in [0.3, 0.4) is 0 Å². The third-order valence-corrected chi connectivity index (χ3v) is 4.77. The number of halogens is 2. The predicted octanol–water partition coefficient (Wildman–Crippen LogP) is 4.30. The first-order valence-electron chi connectivity index (χ1n) is 7.54. The summed E-state index contributed by atoms with van der Waals surface area (Å²) < 4.78 is 27.2. The average Bonchev–Trinajstić information content (AvgIpc) is 2.32. The molecule has 0 spiro atoms. The largest absolute Gasteiger partial charge is 0.325 e. The standard InChI is InChI=1S/C17H25F2N/c1-11(2)15-6-4-12(3)9-17(15,20)10-13-8-14(18)5-7-16(13)19/h5,7-8,11-12,15H,4,6,9-10,20H2,1-3H3. The van der Waals surface area contributed by atoms with Crippen LogP contribution in [0.2, 0.25) is 0 Å². The fourth-order valence-electron chi connectivity index (χ4n) is 3.89. The predicted molar refractivity (Wildman–Crippen MR) is 78.3 cm³/mol. The van der Waals surface area contributed by atoms with Crippen LogP contribution >= 0.6 is 0 Å². The van der Waals surface area contributed by atoms with Gasteiger partial charge in [-0.3, -0.25) is 0 Å². The molecule has 3 heteroatoms. The van der Waals surface area contributed by atoms with Gasteiger partial charge in [-0.05, 0) is 60.8 Å². The Balaban J connectivity index is 2.28. The zero-order valence-corrected chi connectivity index (χ0v) is 12.6. The summed E-state index contributed by atoms with van der Waals surface area (Å²) in [6, 6.07) is 3.65. The lowest BCUT2D eigenvalue weighted by molar-refractivity contribution is 0.108. The molecule has 1 aromatic carbocycles. The highest BCUT2D eigenvalue weighted by Crippen LogP contribution is 2.41. The summed E-state index contributed by atoms with van der Waals surface area (Å²) in [6.07, 6.45) is 3.55. The van der Waals surface area contributed by atoms with Crippen molar-refractivity contribution in [3.05, 3.63) is 35.4 Å². The smallest absolute Gasteiger partial charge is 0.126 e. The third-order valence-electron chi connectivity index (χ3n) is 4.77. The van der Waals surface area contributed by atoms with E-state index in [0.29, 0.717) is 29.7 Å². The van der Waals surface area contributed by atoms with Crippen LogP contribution in [0.15, 0.2) is 18.2 Å². The molecule has 0 heterocycles. The molecule has 2 N–H and O–H groups in total. The van der Waals surface area contributed by atoms with Gasteiger partial charge in [-0.2, -0.15) is 0 Å². The molecule has 1 nitrogen and oxygen atoms in total. The Kier molecular flexibility index (Phi) is 4.48. The summed E-state index contributed by atoms with van der Waals surface area (Å²) in [5.41, 5.74) is 6.64. The van der Waals surface area contributed by atoms with Gasteiger partial charge in [0.25, 0.3) is 0 Å². The van der Waals surface area contributed by atoms with Gasteiger partial charge >= 0.3 is 0 Å². The molecule has 20 heavy (non-hydrogen) atoms. The van der Waals surface area contributed by atoms with E-state index in [0.717, 1.165) is 18.9 Å². The molecule has 0 aliphatic heterocycles. The molecule has 1 aliphatic rings. The maximum Gasteiger partial charge on any atom is 0.126 e. The Morgan fingerprint density at radius 3 is 2.65 bits per heavy atom. The lowest BCUT2D eigenvalue weighted by Gasteiger charge is -2.46. The fourth-order valence-corrected chi connectivity index (χ4v) is 3.89. The van der Waals surface area contributed by atoms with Crippen LogP contribution in [0, 0.1) is 29.4 Å². The molecule has 0 bridgehead atoms. The van der Waals surface area contributed by atoms with E-state index < -0.39 is 11.4 Å². The van der Waals surface area contributed by atoms with E-state index in [9.17, 15) is 8.78 Å². The van der Waals surface area contributed by atoms with E-state index in [-0.39, 0.29) is 5.82 Å². The molecular formula is C17H25F2N. The summed E-state index contributed by atoms with van der Waals surface area (Å²) in [7, 11) is 0. The van der Waals surface area contributed by atoms with Crippen LogP contribution in [0.1, 0.15) is 45.6 Å². The minimum atomic E-state index is -0.430. The van der Waals surface area contributed by atoms with Crippen LogP contribution < -0.4 is 5.73 Å². The zero-order valence-electron chi connectivity index (χ0n) is 12.6. The lowest BCUT2D eigenvalue weighted by Crippen LogP contribution is -2.54. The van der Waals surface area contributed by atoms with Crippen molar-refractivity contribution in [3.63, 3.8) is 0 Å². The summed E-state index contributed by atoms with van der Waals surface area (Å²) in [5, 5.41) is 0. The maximum absolute atomic E-state index is 13.9. The SMILES string of the molecule is CC1CCC(C(C)C)C(N)(Cc2cc(F)ccc2F)C1. The van der Waals surface area contributed by atoms with Crippen LogP contribution in [-0.2, 0) is 6.42 Å². The number of benzene rings is 1. The Labute approximate surface area is 120 Å². The van der Waals surface area contributed by atoms with Crippen molar-refractivity contribution >= 4 is 0 Å².